The molecule has 0 amide bonds. The first-order valence-electron chi connectivity index (χ1n) is 18.5. The molecule has 0 aliphatic heterocycles. The molecule has 3 nitrogen and oxygen atoms in total. The van der Waals surface area contributed by atoms with E-state index in [1.807, 2.05) is 6.92 Å². The second-order valence-electron chi connectivity index (χ2n) is 13.7. The topological polar surface area (TPSA) is 35.5 Å². The second kappa shape index (κ2) is 24.6. The van der Waals surface area contributed by atoms with Gasteiger partial charge in [-0.1, -0.05) is 186 Å². The number of benzene rings is 1. The number of halogens is 3. The van der Waals surface area contributed by atoms with Gasteiger partial charge in [0.2, 0.25) is 0 Å². The van der Waals surface area contributed by atoms with Crippen LogP contribution in [-0.4, -0.2) is 25.4 Å². The Morgan fingerprint density at radius 1 is 0.644 bits per heavy atom. The Labute approximate surface area is 274 Å². The molecule has 0 saturated heterocycles. The van der Waals surface area contributed by atoms with Crippen LogP contribution >= 0.6 is 0 Å². The number of carbonyl (C=O) groups is 1. The molecule has 0 fully saturated rings. The van der Waals surface area contributed by atoms with Crippen LogP contribution in [0.5, 0.6) is 0 Å². The maximum atomic E-state index is 14.1. The lowest BCUT2D eigenvalue weighted by molar-refractivity contribution is -0.278. The van der Waals surface area contributed by atoms with Gasteiger partial charge in [0.25, 0.3) is 5.60 Å². The van der Waals surface area contributed by atoms with Gasteiger partial charge in [-0.3, -0.25) is 0 Å². The molecule has 4 atom stereocenters. The number of methoxy groups -OCH3 is 1. The van der Waals surface area contributed by atoms with Crippen LogP contribution in [0.4, 0.5) is 13.2 Å². The zero-order chi connectivity index (χ0) is 33.4. The van der Waals surface area contributed by atoms with Crippen LogP contribution in [-0.2, 0) is 19.9 Å². The quantitative estimate of drug-likeness (QED) is 0.0675. The number of hydrogen-bond donors (Lipinski definition) is 0. The smallest absolute Gasteiger partial charge is 0.432 e. The SMILES string of the molecule is CCCCCCCCCCCCCCCCC(C)CCCCCCC[C@H](C)[C@@H](C)OC(=O)C(OC)(c1ccccc1)C(F)(F)F. The van der Waals surface area contributed by atoms with Crippen molar-refractivity contribution in [3.05, 3.63) is 35.9 Å². The van der Waals surface area contributed by atoms with E-state index in [2.05, 4.69) is 13.8 Å². The number of unbranched alkanes of at least 4 members (excludes halogenated alkanes) is 17. The Kier molecular flexibility index (Phi) is 22.7. The van der Waals surface area contributed by atoms with Gasteiger partial charge >= 0.3 is 12.1 Å². The van der Waals surface area contributed by atoms with Crippen molar-refractivity contribution in [1.29, 1.82) is 0 Å². The van der Waals surface area contributed by atoms with E-state index in [1.165, 1.54) is 146 Å². The standard InChI is InChI=1S/C39H67F3O3/c1-6-7-8-9-10-11-12-13-14-15-16-17-19-23-28-33(2)29-24-20-18-21-25-30-34(3)35(4)45-37(43)38(44-5,39(40,41)42)36-31-26-22-27-32-36/h22,26-27,31-35H,6-21,23-25,28-30H2,1-5H3/t33?,34-,35+,38?/m0/s1. The maximum absolute atomic E-state index is 14.1. The Morgan fingerprint density at radius 2 is 1.04 bits per heavy atom. The van der Waals surface area contributed by atoms with Crippen LogP contribution in [0.2, 0.25) is 0 Å². The number of hydrogen-bond acceptors (Lipinski definition) is 3. The fourth-order valence-electron chi connectivity index (χ4n) is 6.31. The minimum absolute atomic E-state index is 0.0439. The van der Waals surface area contributed by atoms with Crippen molar-refractivity contribution < 1.29 is 27.4 Å². The van der Waals surface area contributed by atoms with Crippen LogP contribution in [0.1, 0.15) is 175 Å². The fourth-order valence-corrected chi connectivity index (χ4v) is 6.31. The molecule has 2 unspecified atom stereocenters. The molecule has 0 aromatic heterocycles. The summed E-state index contributed by atoms with van der Waals surface area (Å²) in [6, 6.07) is 6.99. The molecular formula is C39H67F3O3. The number of alkyl halides is 3. The predicted molar refractivity (Wildman–Crippen MR) is 182 cm³/mol. The van der Waals surface area contributed by atoms with Crippen molar-refractivity contribution in [2.24, 2.45) is 11.8 Å². The summed E-state index contributed by atoms with van der Waals surface area (Å²) in [5.74, 6) is -0.659. The summed E-state index contributed by atoms with van der Waals surface area (Å²) in [7, 11) is 0.900. The van der Waals surface area contributed by atoms with Crippen molar-refractivity contribution in [3.63, 3.8) is 0 Å². The van der Waals surface area contributed by atoms with Gasteiger partial charge in [0.15, 0.2) is 0 Å². The van der Waals surface area contributed by atoms with Crippen LogP contribution < -0.4 is 0 Å². The highest BCUT2D eigenvalue weighted by Crippen LogP contribution is 2.43. The summed E-state index contributed by atoms with van der Waals surface area (Å²) in [4.78, 5) is 12.9. The lowest BCUT2D eigenvalue weighted by Gasteiger charge is -2.34. The monoisotopic (exact) mass is 641 g/mol. The van der Waals surface area contributed by atoms with Gasteiger partial charge in [0.1, 0.15) is 6.10 Å². The van der Waals surface area contributed by atoms with E-state index in [0.29, 0.717) is 0 Å². The van der Waals surface area contributed by atoms with Crippen LogP contribution in [0.25, 0.3) is 0 Å². The maximum Gasteiger partial charge on any atom is 0.432 e. The third kappa shape index (κ3) is 16.7. The van der Waals surface area contributed by atoms with Crippen LogP contribution in [0.3, 0.4) is 0 Å². The van der Waals surface area contributed by atoms with E-state index in [0.717, 1.165) is 32.3 Å². The van der Waals surface area contributed by atoms with Gasteiger partial charge in [-0.15, -0.1) is 0 Å². The molecule has 6 heteroatoms. The molecule has 262 valence electrons. The average molecular weight is 641 g/mol. The van der Waals surface area contributed by atoms with Crippen molar-refractivity contribution in [3.8, 4) is 0 Å². The highest BCUT2D eigenvalue weighted by Gasteiger charge is 2.64. The van der Waals surface area contributed by atoms with Crippen LogP contribution in [0, 0.1) is 11.8 Å². The first-order valence-corrected chi connectivity index (χ1v) is 18.5. The number of carbonyl (C=O) groups excluding carboxylic acids is 1. The molecule has 0 aliphatic rings. The van der Waals surface area contributed by atoms with Gasteiger partial charge in [-0.2, -0.15) is 13.2 Å². The van der Waals surface area contributed by atoms with E-state index in [9.17, 15) is 18.0 Å². The average Bonchev–Trinajstić information content (AvgIpc) is 3.01. The molecule has 0 spiro atoms. The van der Waals surface area contributed by atoms with Crippen molar-refractivity contribution >= 4 is 5.97 Å². The number of rotatable bonds is 28. The largest absolute Gasteiger partial charge is 0.460 e. The summed E-state index contributed by atoms with van der Waals surface area (Å²) in [6.07, 6.45) is 23.2. The van der Waals surface area contributed by atoms with E-state index in [4.69, 9.17) is 9.47 Å². The van der Waals surface area contributed by atoms with Gasteiger partial charge in [0, 0.05) is 12.7 Å². The normalized spacial score (nSPS) is 15.4. The third-order valence-electron chi connectivity index (χ3n) is 9.67. The molecular weight excluding hydrogens is 573 g/mol. The predicted octanol–water partition coefficient (Wildman–Crippen LogP) is 12.9. The second-order valence-corrected chi connectivity index (χ2v) is 13.7. The highest BCUT2D eigenvalue weighted by molar-refractivity contribution is 5.82. The summed E-state index contributed by atoms with van der Waals surface area (Å²) in [6.45, 7) is 8.27. The molecule has 0 heterocycles. The summed E-state index contributed by atoms with van der Waals surface area (Å²) < 4.78 is 52.6. The van der Waals surface area contributed by atoms with E-state index in [-0.39, 0.29) is 11.5 Å². The molecule has 0 N–H and O–H groups in total. The number of ether oxygens (including phenoxy) is 2. The molecule has 1 aromatic rings. The zero-order valence-electron chi connectivity index (χ0n) is 29.5. The number of esters is 1. The summed E-state index contributed by atoms with van der Waals surface area (Å²) in [5.41, 5.74) is -3.41. The molecule has 1 aromatic carbocycles. The van der Waals surface area contributed by atoms with E-state index < -0.39 is 23.9 Å². The van der Waals surface area contributed by atoms with Gasteiger partial charge in [0.05, 0.1) is 0 Å². The van der Waals surface area contributed by atoms with Crippen molar-refractivity contribution in [2.45, 2.75) is 187 Å². The molecule has 0 saturated carbocycles. The lowest BCUT2D eigenvalue weighted by atomic mass is 9.92. The van der Waals surface area contributed by atoms with Crippen molar-refractivity contribution in [2.75, 3.05) is 7.11 Å². The molecule has 1 rings (SSSR count). The van der Waals surface area contributed by atoms with E-state index >= 15 is 0 Å². The molecule has 45 heavy (non-hydrogen) atoms. The summed E-state index contributed by atoms with van der Waals surface area (Å²) >= 11 is 0. The van der Waals surface area contributed by atoms with E-state index in [1.54, 1.807) is 13.0 Å². The third-order valence-corrected chi connectivity index (χ3v) is 9.67. The first kappa shape index (κ1) is 41.5. The highest BCUT2D eigenvalue weighted by atomic mass is 19.4. The first-order chi connectivity index (χ1) is 21.6. The lowest BCUT2D eigenvalue weighted by Crippen LogP contribution is -2.52. The van der Waals surface area contributed by atoms with Crippen molar-refractivity contribution in [1.82, 2.24) is 0 Å². The van der Waals surface area contributed by atoms with Gasteiger partial charge in [-0.05, 0) is 25.2 Å². The minimum Gasteiger partial charge on any atom is -0.460 e. The molecule has 0 bridgehead atoms. The van der Waals surface area contributed by atoms with Gasteiger partial charge in [-0.25, -0.2) is 4.79 Å². The summed E-state index contributed by atoms with van der Waals surface area (Å²) in [5, 5.41) is 0. The molecule has 0 radical (unpaired) electrons. The zero-order valence-corrected chi connectivity index (χ0v) is 29.5. The molecule has 0 aliphatic carbocycles. The Bertz CT molecular complexity index is 844. The Hall–Kier alpha value is -1.56. The van der Waals surface area contributed by atoms with Gasteiger partial charge < -0.3 is 9.47 Å². The van der Waals surface area contributed by atoms with Crippen LogP contribution in [0.15, 0.2) is 30.3 Å². The minimum atomic E-state index is -4.95. The fraction of sp³-hybridized carbons (Fsp3) is 0.821. The Morgan fingerprint density at radius 3 is 1.44 bits per heavy atom. The Balaban J connectivity index is 2.10.